The molecule has 5 rings (SSSR count). The van der Waals surface area contributed by atoms with Crippen LogP contribution >= 0.6 is 0 Å². The summed E-state index contributed by atoms with van der Waals surface area (Å²) in [6, 6.07) is 13.5. The largest absolute Gasteiger partial charge is 0.376 e. The van der Waals surface area contributed by atoms with Gasteiger partial charge in [0, 0.05) is 18.8 Å². The average molecular weight is 441 g/mol. The van der Waals surface area contributed by atoms with E-state index in [2.05, 4.69) is 30.7 Å². The summed E-state index contributed by atoms with van der Waals surface area (Å²) in [6.45, 7) is 4.38. The molecule has 1 aromatic carbocycles. The van der Waals surface area contributed by atoms with Crippen LogP contribution in [0.3, 0.4) is 0 Å². The molecule has 0 aliphatic carbocycles. The second-order valence-corrected chi connectivity index (χ2v) is 7.67. The highest BCUT2D eigenvalue weighted by Gasteiger charge is 2.21. The van der Waals surface area contributed by atoms with Gasteiger partial charge < -0.3 is 20.5 Å². The maximum absolute atomic E-state index is 11.5. The van der Waals surface area contributed by atoms with Crippen LogP contribution in [0, 0.1) is 6.92 Å². The zero-order chi connectivity index (χ0) is 22.8. The number of hydrogen-bond donors (Lipinski definition) is 3. The van der Waals surface area contributed by atoms with Crippen molar-refractivity contribution in [1.29, 1.82) is 0 Å². The van der Waals surface area contributed by atoms with Gasteiger partial charge in [-0.1, -0.05) is 18.2 Å². The van der Waals surface area contributed by atoms with Crippen LogP contribution in [0.2, 0.25) is 0 Å². The number of nitrogens with one attached hydrogen (secondary N) is 3. The number of rotatable bonds is 6. The zero-order valence-electron chi connectivity index (χ0n) is 18.3. The normalized spacial score (nSPS) is 12.5. The number of para-hydroxylation sites is 2. The Hall–Kier alpha value is -4.47. The summed E-state index contributed by atoms with van der Waals surface area (Å²) in [4.78, 5) is 30.7. The Labute approximate surface area is 190 Å². The van der Waals surface area contributed by atoms with Crippen molar-refractivity contribution in [1.82, 2.24) is 29.7 Å². The van der Waals surface area contributed by atoms with E-state index in [1.165, 1.54) is 6.92 Å². The molecule has 0 bridgehead atoms. The van der Waals surface area contributed by atoms with Crippen molar-refractivity contribution in [2.45, 2.75) is 27.1 Å². The number of pyridine rings is 1. The topological polar surface area (TPSA) is 117 Å². The molecule has 3 aromatic heterocycles. The molecule has 4 heterocycles. The van der Waals surface area contributed by atoms with Crippen LogP contribution in [0.4, 0.5) is 17.2 Å². The summed E-state index contributed by atoms with van der Waals surface area (Å²) in [6.07, 6.45) is 5.39. The lowest BCUT2D eigenvalue weighted by atomic mass is 10.2. The van der Waals surface area contributed by atoms with Crippen LogP contribution in [0.15, 0.2) is 55.0 Å². The van der Waals surface area contributed by atoms with Crippen LogP contribution in [-0.2, 0) is 18.0 Å². The van der Waals surface area contributed by atoms with Crippen LogP contribution < -0.4 is 15.5 Å². The van der Waals surface area contributed by atoms with Crippen LogP contribution in [-0.4, -0.2) is 35.6 Å². The SMILES string of the molecule is CC(=O)Nc1ccccc1NCc1nc(N2C=Cc3ncnn3C2)c(-c2cccc(C)n2)[nH]1. The van der Waals surface area contributed by atoms with Gasteiger partial charge >= 0.3 is 0 Å². The molecule has 4 aromatic rings. The first-order valence-electron chi connectivity index (χ1n) is 10.5. The van der Waals surface area contributed by atoms with E-state index in [0.29, 0.717) is 13.2 Å². The minimum Gasteiger partial charge on any atom is -0.376 e. The first-order chi connectivity index (χ1) is 16.1. The van der Waals surface area contributed by atoms with E-state index in [1.54, 1.807) is 6.33 Å². The number of aromatic nitrogens is 6. The lowest BCUT2D eigenvalue weighted by Crippen LogP contribution is -2.26. The molecular weight excluding hydrogens is 418 g/mol. The average Bonchev–Trinajstić information content (AvgIpc) is 3.45. The van der Waals surface area contributed by atoms with Crippen molar-refractivity contribution in [2.24, 2.45) is 0 Å². The van der Waals surface area contributed by atoms with E-state index in [-0.39, 0.29) is 5.91 Å². The van der Waals surface area contributed by atoms with E-state index in [9.17, 15) is 4.79 Å². The second-order valence-electron chi connectivity index (χ2n) is 7.67. The Balaban J connectivity index is 1.46. The first-order valence-corrected chi connectivity index (χ1v) is 10.5. The number of aryl methyl sites for hydroxylation is 1. The number of benzene rings is 1. The molecule has 166 valence electrons. The molecule has 0 saturated carbocycles. The quantitative estimate of drug-likeness (QED) is 0.420. The van der Waals surface area contributed by atoms with Gasteiger partial charge in [-0.25, -0.2) is 14.6 Å². The number of anilines is 3. The highest BCUT2D eigenvalue weighted by Crippen LogP contribution is 2.30. The highest BCUT2D eigenvalue weighted by molar-refractivity contribution is 5.92. The Morgan fingerprint density at radius 1 is 1.12 bits per heavy atom. The Morgan fingerprint density at radius 2 is 1.97 bits per heavy atom. The van der Waals surface area contributed by atoms with Crippen LogP contribution in [0.5, 0.6) is 0 Å². The fourth-order valence-electron chi connectivity index (χ4n) is 3.68. The molecule has 33 heavy (non-hydrogen) atoms. The Bertz CT molecular complexity index is 1340. The Morgan fingerprint density at radius 3 is 2.79 bits per heavy atom. The molecule has 0 spiro atoms. The summed E-state index contributed by atoms with van der Waals surface area (Å²) in [7, 11) is 0. The van der Waals surface area contributed by atoms with Gasteiger partial charge in [-0.05, 0) is 37.3 Å². The molecule has 0 atom stereocenters. The van der Waals surface area contributed by atoms with Gasteiger partial charge in [0.15, 0.2) is 11.6 Å². The summed E-state index contributed by atoms with van der Waals surface area (Å²) in [5.41, 5.74) is 4.07. The molecule has 1 aliphatic rings. The van der Waals surface area contributed by atoms with Crippen molar-refractivity contribution in [2.75, 3.05) is 15.5 Å². The maximum Gasteiger partial charge on any atom is 0.221 e. The number of nitrogens with zero attached hydrogens (tertiary/aromatic N) is 6. The second kappa shape index (κ2) is 8.58. The number of hydrogen-bond acceptors (Lipinski definition) is 7. The summed E-state index contributed by atoms with van der Waals surface area (Å²) in [5, 5.41) is 10.5. The molecule has 1 amide bonds. The van der Waals surface area contributed by atoms with Gasteiger partial charge in [0.25, 0.3) is 0 Å². The number of fused-ring (bicyclic) bond motifs is 1. The van der Waals surface area contributed by atoms with Gasteiger partial charge in [-0.2, -0.15) is 5.10 Å². The molecule has 0 unspecified atom stereocenters. The lowest BCUT2D eigenvalue weighted by molar-refractivity contribution is -0.114. The number of amides is 1. The summed E-state index contributed by atoms with van der Waals surface area (Å²) in [5.74, 6) is 2.16. The fourth-order valence-corrected chi connectivity index (χ4v) is 3.68. The maximum atomic E-state index is 11.5. The molecule has 0 radical (unpaired) electrons. The van der Waals surface area contributed by atoms with Gasteiger partial charge in [0.05, 0.1) is 23.6 Å². The minimum absolute atomic E-state index is 0.123. The molecular formula is C23H23N9O. The molecule has 0 saturated heterocycles. The predicted octanol–water partition coefficient (Wildman–Crippen LogP) is 3.39. The summed E-state index contributed by atoms with van der Waals surface area (Å²) >= 11 is 0. The van der Waals surface area contributed by atoms with E-state index >= 15 is 0 Å². The van der Waals surface area contributed by atoms with Crippen molar-refractivity contribution in [3.05, 3.63) is 72.3 Å². The predicted molar refractivity (Wildman–Crippen MR) is 126 cm³/mol. The number of aromatic amines is 1. The Kier molecular flexibility index (Phi) is 5.31. The van der Waals surface area contributed by atoms with Gasteiger partial charge in [0.2, 0.25) is 5.91 Å². The van der Waals surface area contributed by atoms with Gasteiger partial charge in [-0.15, -0.1) is 0 Å². The van der Waals surface area contributed by atoms with Crippen molar-refractivity contribution in [3.63, 3.8) is 0 Å². The molecule has 1 aliphatic heterocycles. The van der Waals surface area contributed by atoms with E-state index < -0.39 is 0 Å². The third-order valence-electron chi connectivity index (χ3n) is 5.17. The first kappa shape index (κ1) is 20.4. The highest BCUT2D eigenvalue weighted by atomic mass is 16.1. The molecule has 0 fully saturated rings. The van der Waals surface area contributed by atoms with E-state index in [0.717, 1.165) is 45.9 Å². The summed E-state index contributed by atoms with van der Waals surface area (Å²) < 4.78 is 1.81. The molecule has 3 N–H and O–H groups in total. The third kappa shape index (κ3) is 4.31. The van der Waals surface area contributed by atoms with Crippen molar-refractivity contribution < 1.29 is 4.79 Å². The molecule has 10 heteroatoms. The van der Waals surface area contributed by atoms with E-state index in [4.69, 9.17) is 4.98 Å². The number of carbonyl (C=O) groups excluding carboxylic acids is 1. The van der Waals surface area contributed by atoms with Crippen molar-refractivity contribution >= 4 is 29.2 Å². The number of H-pyrrole nitrogens is 1. The molecule has 10 nitrogen and oxygen atoms in total. The zero-order valence-corrected chi connectivity index (χ0v) is 18.3. The van der Waals surface area contributed by atoms with Crippen LogP contribution in [0.25, 0.3) is 17.5 Å². The minimum atomic E-state index is -0.123. The van der Waals surface area contributed by atoms with Crippen molar-refractivity contribution in [3.8, 4) is 11.4 Å². The standard InChI is InChI=1S/C23H23N9O/c1-15-6-5-9-19(27-15)22-23(31-11-10-21-25-13-26-32(21)14-31)30-20(29-22)12-24-17-7-3-4-8-18(17)28-16(2)33/h3-11,13,24H,12,14H2,1-2H3,(H,28,33)(H,29,30). The lowest BCUT2D eigenvalue weighted by Gasteiger charge is -2.22. The van der Waals surface area contributed by atoms with Gasteiger partial charge in [-0.3, -0.25) is 9.78 Å². The smallest absolute Gasteiger partial charge is 0.221 e. The number of imidazole rings is 1. The van der Waals surface area contributed by atoms with Crippen LogP contribution in [0.1, 0.15) is 24.3 Å². The fraction of sp³-hybridized carbons (Fsp3) is 0.174. The third-order valence-corrected chi connectivity index (χ3v) is 5.17. The van der Waals surface area contributed by atoms with Gasteiger partial charge in [0.1, 0.15) is 24.5 Å². The monoisotopic (exact) mass is 441 g/mol. The van der Waals surface area contributed by atoms with E-state index in [1.807, 2.05) is 71.2 Å². The number of carbonyl (C=O) groups is 1.